The zero-order valence-electron chi connectivity index (χ0n) is 27.0. The maximum atomic E-state index is 13.7. The molecule has 3 rings (SSSR count). The van der Waals surface area contributed by atoms with Crippen molar-refractivity contribution in [3.8, 4) is 0 Å². The van der Waals surface area contributed by atoms with Gasteiger partial charge in [-0.25, -0.2) is 4.79 Å². The summed E-state index contributed by atoms with van der Waals surface area (Å²) in [6.45, 7) is 10.9. The van der Waals surface area contributed by atoms with E-state index >= 15 is 0 Å². The van der Waals surface area contributed by atoms with Crippen LogP contribution in [-0.2, 0) is 20.7 Å². The average Bonchev–Trinajstić information content (AvgIpc) is 2.99. The molecule has 0 saturated heterocycles. The second-order valence-corrected chi connectivity index (χ2v) is 14.0. The van der Waals surface area contributed by atoms with Crippen LogP contribution in [-0.4, -0.2) is 63.8 Å². The third-order valence-corrected chi connectivity index (χ3v) is 8.24. The highest BCUT2D eigenvalue weighted by Crippen LogP contribution is 2.31. The van der Waals surface area contributed by atoms with Gasteiger partial charge in [0, 0.05) is 18.1 Å². The van der Waals surface area contributed by atoms with Crippen LogP contribution >= 0.6 is 11.8 Å². The number of carbonyl (C=O) groups is 3. The van der Waals surface area contributed by atoms with Crippen molar-refractivity contribution < 1.29 is 24.2 Å². The summed E-state index contributed by atoms with van der Waals surface area (Å²) in [4.78, 5) is 39.9. The Hall–Kier alpha value is -3.82. The lowest BCUT2D eigenvalue weighted by molar-refractivity contribution is -0.130. The summed E-state index contributed by atoms with van der Waals surface area (Å²) in [5.74, 6) is -0.905. The van der Waals surface area contributed by atoms with Gasteiger partial charge >= 0.3 is 6.09 Å². The van der Waals surface area contributed by atoms with E-state index in [1.165, 1.54) is 0 Å². The van der Waals surface area contributed by atoms with Crippen LogP contribution in [0.1, 0.15) is 64.2 Å². The van der Waals surface area contributed by atoms with Crippen LogP contribution in [0.2, 0.25) is 0 Å². The molecule has 0 aliphatic carbocycles. The summed E-state index contributed by atoms with van der Waals surface area (Å²) >= 11 is 1.61. The van der Waals surface area contributed by atoms with Gasteiger partial charge in [0.1, 0.15) is 17.7 Å². The Bertz CT molecular complexity index is 1310. The minimum Gasteiger partial charge on any atom is -0.444 e. The molecule has 0 aromatic heterocycles. The van der Waals surface area contributed by atoms with Crippen LogP contribution in [0.15, 0.2) is 91.0 Å². The number of ether oxygens (including phenoxy) is 1. The van der Waals surface area contributed by atoms with E-state index < -0.39 is 47.7 Å². The van der Waals surface area contributed by atoms with Crippen molar-refractivity contribution in [2.24, 2.45) is 0 Å². The molecule has 4 N–H and O–H groups in total. The first-order valence-electron chi connectivity index (χ1n) is 15.4. The van der Waals surface area contributed by atoms with Crippen molar-refractivity contribution in [2.45, 2.75) is 89.0 Å². The Kier molecular flexibility index (Phi) is 13.5. The van der Waals surface area contributed by atoms with Crippen molar-refractivity contribution >= 4 is 29.7 Å². The van der Waals surface area contributed by atoms with E-state index in [1.54, 1.807) is 39.5 Å². The minimum atomic E-state index is -0.984. The molecule has 4 atom stereocenters. The summed E-state index contributed by atoms with van der Waals surface area (Å²) in [7, 11) is 0. The third kappa shape index (κ3) is 11.9. The first-order valence-corrected chi connectivity index (χ1v) is 16.4. The fourth-order valence-corrected chi connectivity index (χ4v) is 5.69. The Morgan fingerprint density at radius 1 is 0.756 bits per heavy atom. The monoisotopic (exact) mass is 633 g/mol. The van der Waals surface area contributed by atoms with Crippen LogP contribution in [0.3, 0.4) is 0 Å². The number of amides is 3. The normalized spacial score (nSPS) is 14.2. The van der Waals surface area contributed by atoms with Gasteiger partial charge in [0.05, 0.1) is 12.1 Å². The van der Waals surface area contributed by atoms with E-state index in [9.17, 15) is 19.5 Å². The smallest absolute Gasteiger partial charge is 0.408 e. The second kappa shape index (κ2) is 17.0. The Labute approximate surface area is 271 Å². The highest BCUT2D eigenvalue weighted by atomic mass is 32.2. The molecule has 8 nitrogen and oxygen atoms in total. The van der Waals surface area contributed by atoms with Crippen molar-refractivity contribution in [2.75, 3.05) is 5.75 Å². The number of hydrogen-bond acceptors (Lipinski definition) is 6. The number of thioether (sulfide) groups is 1. The van der Waals surface area contributed by atoms with Crippen LogP contribution in [0.5, 0.6) is 0 Å². The molecule has 0 aliphatic rings. The number of alkyl carbamates (subject to hydrolysis) is 1. The second-order valence-electron chi connectivity index (χ2n) is 12.4. The number of aliphatic hydroxyl groups excluding tert-OH is 1. The molecule has 3 aromatic carbocycles. The summed E-state index contributed by atoms with van der Waals surface area (Å²) in [5.41, 5.74) is 1.99. The maximum Gasteiger partial charge on any atom is 0.408 e. The van der Waals surface area contributed by atoms with Gasteiger partial charge in [-0.15, -0.1) is 0 Å². The molecule has 45 heavy (non-hydrogen) atoms. The largest absolute Gasteiger partial charge is 0.444 e. The van der Waals surface area contributed by atoms with Gasteiger partial charge in [-0.1, -0.05) is 105 Å². The lowest BCUT2D eigenvalue weighted by Crippen LogP contribution is -2.57. The van der Waals surface area contributed by atoms with Crippen LogP contribution in [0, 0.1) is 0 Å². The molecule has 0 bridgehead atoms. The van der Waals surface area contributed by atoms with Crippen molar-refractivity contribution in [1.29, 1.82) is 0 Å². The van der Waals surface area contributed by atoms with E-state index in [0.717, 1.165) is 16.7 Å². The van der Waals surface area contributed by atoms with Crippen molar-refractivity contribution in [1.82, 2.24) is 16.0 Å². The lowest BCUT2D eigenvalue weighted by atomic mass is 9.82. The van der Waals surface area contributed by atoms with E-state index in [4.69, 9.17) is 4.74 Å². The van der Waals surface area contributed by atoms with Gasteiger partial charge in [0.15, 0.2) is 0 Å². The van der Waals surface area contributed by atoms with E-state index in [2.05, 4.69) is 29.8 Å². The summed E-state index contributed by atoms with van der Waals surface area (Å²) in [5, 5.41) is 20.3. The lowest BCUT2D eigenvalue weighted by Gasteiger charge is -2.34. The molecule has 0 aliphatic heterocycles. The fraction of sp³-hybridized carbons (Fsp3) is 0.417. The standard InChI is InChI=1S/C36H47N3O5S/c1-24(2)45-23-30(40)32(31(27-18-12-8-13-19-27)28-20-14-9-15-21-28)39-33(41)25(3)37-34(42)29(22-26-16-10-7-11-17-26)38-35(43)44-36(4,5)6/h7-21,24-25,29-32,40H,22-23H2,1-6H3,(H,37,42)(H,38,43)(H,39,41)/t25-,29-,30-,32+/m0/s1. The molecular weight excluding hydrogens is 586 g/mol. The van der Waals surface area contributed by atoms with Gasteiger partial charge in [-0.05, 0) is 49.6 Å². The van der Waals surface area contributed by atoms with Gasteiger partial charge in [-0.2, -0.15) is 11.8 Å². The Balaban J connectivity index is 1.84. The number of benzene rings is 3. The topological polar surface area (TPSA) is 117 Å². The third-order valence-electron chi connectivity index (χ3n) is 7.04. The number of rotatable bonds is 14. The molecule has 9 heteroatoms. The summed E-state index contributed by atoms with van der Waals surface area (Å²) in [6, 6.07) is 26.2. The minimum absolute atomic E-state index is 0.206. The summed E-state index contributed by atoms with van der Waals surface area (Å²) in [6.07, 6.45) is -1.40. The number of carbonyl (C=O) groups excluding carboxylic acids is 3. The van der Waals surface area contributed by atoms with E-state index in [-0.39, 0.29) is 12.3 Å². The predicted molar refractivity (Wildman–Crippen MR) is 181 cm³/mol. The molecule has 0 radical (unpaired) electrons. The average molecular weight is 634 g/mol. The summed E-state index contributed by atoms with van der Waals surface area (Å²) < 4.78 is 5.40. The van der Waals surface area contributed by atoms with Gasteiger partial charge < -0.3 is 25.8 Å². The highest BCUT2D eigenvalue weighted by molar-refractivity contribution is 7.99. The Morgan fingerprint density at radius 2 is 1.27 bits per heavy atom. The van der Waals surface area contributed by atoms with Crippen LogP contribution < -0.4 is 16.0 Å². The molecule has 0 fully saturated rings. The Morgan fingerprint density at radius 3 is 1.76 bits per heavy atom. The molecule has 3 amide bonds. The maximum absolute atomic E-state index is 13.7. The van der Waals surface area contributed by atoms with E-state index in [1.807, 2.05) is 91.0 Å². The van der Waals surface area contributed by atoms with Crippen molar-refractivity contribution in [3.05, 3.63) is 108 Å². The molecule has 0 saturated carbocycles. The zero-order chi connectivity index (χ0) is 33.0. The number of aliphatic hydroxyl groups is 1. The molecule has 3 aromatic rings. The molecule has 0 spiro atoms. The quantitative estimate of drug-likeness (QED) is 0.188. The number of nitrogens with one attached hydrogen (secondary N) is 3. The van der Waals surface area contributed by atoms with Crippen LogP contribution in [0.25, 0.3) is 0 Å². The molecule has 0 heterocycles. The zero-order valence-corrected chi connectivity index (χ0v) is 27.8. The number of hydrogen-bond donors (Lipinski definition) is 4. The predicted octanol–water partition coefficient (Wildman–Crippen LogP) is 5.45. The van der Waals surface area contributed by atoms with Gasteiger partial charge in [-0.3, -0.25) is 9.59 Å². The van der Waals surface area contributed by atoms with Gasteiger partial charge in [0.2, 0.25) is 11.8 Å². The molecule has 0 unspecified atom stereocenters. The highest BCUT2D eigenvalue weighted by Gasteiger charge is 2.34. The van der Waals surface area contributed by atoms with Crippen LogP contribution in [0.4, 0.5) is 4.79 Å². The van der Waals surface area contributed by atoms with E-state index in [0.29, 0.717) is 11.0 Å². The first-order chi connectivity index (χ1) is 21.3. The first kappa shape index (κ1) is 35.7. The van der Waals surface area contributed by atoms with Gasteiger partial charge in [0.25, 0.3) is 0 Å². The fourth-order valence-electron chi connectivity index (χ4n) is 4.90. The van der Waals surface area contributed by atoms with Crippen molar-refractivity contribution in [3.63, 3.8) is 0 Å². The molecular formula is C36H47N3O5S. The molecule has 242 valence electrons. The SMILES string of the molecule is CC(C)SC[C@H](O)[C@@H](NC(=O)[C@H](C)NC(=O)[C@H](Cc1ccccc1)NC(=O)OC(C)(C)C)C(c1ccccc1)c1ccccc1.